The monoisotopic (exact) mass is 422 g/mol. The Hall–Kier alpha value is -3.26. The van der Waals surface area contributed by atoms with Crippen molar-refractivity contribution in [3.63, 3.8) is 0 Å². The van der Waals surface area contributed by atoms with Crippen LogP contribution in [0.2, 0.25) is 0 Å². The van der Waals surface area contributed by atoms with Crippen molar-refractivity contribution >= 4 is 39.8 Å². The maximum atomic E-state index is 13.0. The molecule has 2 aliphatic rings. The average molecular weight is 422 g/mol. The first-order chi connectivity index (χ1) is 14.5. The fraction of sp³-hybridized carbons (Fsp3) is 0.182. The highest BCUT2D eigenvalue weighted by Crippen LogP contribution is 2.30. The van der Waals surface area contributed by atoms with Crippen molar-refractivity contribution in [1.82, 2.24) is 5.01 Å². The van der Waals surface area contributed by atoms with Gasteiger partial charge in [-0.05, 0) is 66.1 Å². The van der Waals surface area contributed by atoms with E-state index in [4.69, 9.17) is 10.1 Å². The third-order valence-electron chi connectivity index (χ3n) is 4.45. The number of ether oxygens (including phenoxy) is 1. The van der Waals surface area contributed by atoms with Crippen LogP contribution in [0.15, 0.2) is 64.2 Å². The Balaban J connectivity index is 1.52. The minimum atomic E-state index is -0.454. The lowest BCUT2D eigenvalue weighted by atomic mass is 10.1. The number of amidine groups is 2. The molecule has 0 saturated carbocycles. The Bertz CT molecular complexity index is 1090. The molecular formula is C22H19FN4O2S. The van der Waals surface area contributed by atoms with Crippen LogP contribution in [0.3, 0.4) is 0 Å². The zero-order valence-corrected chi connectivity index (χ0v) is 17.1. The number of hydrogen-bond acceptors (Lipinski definition) is 5. The van der Waals surface area contributed by atoms with Gasteiger partial charge in [-0.3, -0.25) is 10.2 Å². The molecule has 0 aliphatic carbocycles. The lowest BCUT2D eigenvalue weighted by Gasteiger charge is -2.20. The highest BCUT2D eigenvalue weighted by molar-refractivity contribution is 8.26. The summed E-state index contributed by atoms with van der Waals surface area (Å²) in [6.07, 6.45) is 3.34. The molecule has 0 radical (unpaired) electrons. The van der Waals surface area contributed by atoms with Crippen molar-refractivity contribution in [2.45, 2.75) is 26.4 Å². The van der Waals surface area contributed by atoms with E-state index >= 15 is 0 Å². The first-order valence-electron chi connectivity index (χ1n) is 9.50. The van der Waals surface area contributed by atoms with Gasteiger partial charge in [0.2, 0.25) is 5.17 Å². The van der Waals surface area contributed by atoms with Crippen molar-refractivity contribution in [1.29, 1.82) is 5.41 Å². The summed E-state index contributed by atoms with van der Waals surface area (Å²) >= 11 is 1.34. The van der Waals surface area contributed by atoms with E-state index in [0.717, 1.165) is 23.4 Å². The number of carbonyl (C=O) groups excluding carboxylic acids is 1. The molecule has 0 fully saturated rings. The summed E-state index contributed by atoms with van der Waals surface area (Å²) in [5.41, 5.74) is 1.73. The molecule has 1 N–H and O–H groups in total. The van der Waals surface area contributed by atoms with Crippen molar-refractivity contribution < 1.29 is 13.9 Å². The van der Waals surface area contributed by atoms with Gasteiger partial charge in [-0.2, -0.15) is 15.1 Å². The first kappa shape index (κ1) is 20.0. The molecule has 30 heavy (non-hydrogen) atoms. The summed E-state index contributed by atoms with van der Waals surface area (Å²) in [5.74, 6) is -0.126. The SMILES string of the molecule is CCCC1=NN2C(=N)/C(=C/c3cccc(OCc4ccc(F)cc4)c3)C(=O)N=C2S1. The molecule has 0 saturated heterocycles. The lowest BCUT2D eigenvalue weighted by molar-refractivity contribution is -0.114. The van der Waals surface area contributed by atoms with Crippen LogP contribution >= 0.6 is 11.8 Å². The van der Waals surface area contributed by atoms with E-state index in [1.165, 1.54) is 28.9 Å². The second-order valence-corrected chi connectivity index (χ2v) is 7.79. The van der Waals surface area contributed by atoms with Gasteiger partial charge in [0.05, 0.1) is 5.57 Å². The fourth-order valence-corrected chi connectivity index (χ4v) is 3.94. The third kappa shape index (κ3) is 4.33. The van der Waals surface area contributed by atoms with Gasteiger partial charge >= 0.3 is 0 Å². The molecule has 4 rings (SSSR count). The Labute approximate surface area is 177 Å². The van der Waals surface area contributed by atoms with Crippen molar-refractivity contribution in [3.05, 3.63) is 71.0 Å². The minimum Gasteiger partial charge on any atom is -0.489 e. The van der Waals surface area contributed by atoms with Gasteiger partial charge in [-0.1, -0.05) is 31.2 Å². The van der Waals surface area contributed by atoms with E-state index in [-0.39, 0.29) is 17.2 Å². The molecule has 0 spiro atoms. The van der Waals surface area contributed by atoms with E-state index in [1.54, 1.807) is 36.4 Å². The predicted octanol–water partition coefficient (Wildman–Crippen LogP) is 4.82. The summed E-state index contributed by atoms with van der Waals surface area (Å²) in [4.78, 5) is 16.6. The van der Waals surface area contributed by atoms with Gasteiger partial charge in [-0.15, -0.1) is 0 Å². The maximum Gasteiger partial charge on any atom is 0.283 e. The van der Waals surface area contributed by atoms with Crippen LogP contribution in [0.25, 0.3) is 6.08 Å². The molecule has 8 heteroatoms. The molecule has 0 aromatic heterocycles. The number of hydrazone groups is 1. The molecule has 2 aromatic carbocycles. The summed E-state index contributed by atoms with van der Waals surface area (Å²) in [7, 11) is 0. The lowest BCUT2D eigenvalue weighted by Crippen LogP contribution is -2.35. The van der Waals surface area contributed by atoms with E-state index < -0.39 is 5.91 Å². The third-order valence-corrected chi connectivity index (χ3v) is 5.42. The molecule has 152 valence electrons. The number of aliphatic imine (C=N–C) groups is 1. The molecule has 2 aliphatic heterocycles. The highest BCUT2D eigenvalue weighted by Gasteiger charge is 2.35. The summed E-state index contributed by atoms with van der Waals surface area (Å²) < 4.78 is 18.8. The molecule has 1 amide bonds. The average Bonchev–Trinajstić information content (AvgIpc) is 3.14. The summed E-state index contributed by atoms with van der Waals surface area (Å²) in [5, 5.41) is 15.5. The maximum absolute atomic E-state index is 13.0. The Kier molecular flexibility index (Phi) is 5.76. The van der Waals surface area contributed by atoms with Crippen molar-refractivity contribution in [3.8, 4) is 5.75 Å². The van der Waals surface area contributed by atoms with Gasteiger partial charge in [0.1, 0.15) is 23.2 Å². The predicted molar refractivity (Wildman–Crippen MR) is 117 cm³/mol. The number of fused-ring (bicyclic) bond motifs is 1. The zero-order chi connectivity index (χ0) is 21.1. The largest absolute Gasteiger partial charge is 0.489 e. The van der Waals surface area contributed by atoms with Gasteiger partial charge in [0.15, 0.2) is 5.84 Å². The normalized spacial score (nSPS) is 17.1. The number of nitrogens with zero attached hydrogens (tertiary/aromatic N) is 3. The van der Waals surface area contributed by atoms with Gasteiger partial charge in [0, 0.05) is 0 Å². The van der Waals surface area contributed by atoms with Crippen LogP contribution in [-0.4, -0.2) is 27.0 Å². The molecule has 6 nitrogen and oxygen atoms in total. The number of nitrogens with one attached hydrogen (secondary N) is 1. The van der Waals surface area contributed by atoms with E-state index in [0.29, 0.717) is 23.1 Å². The molecule has 0 unspecified atom stereocenters. The van der Waals surface area contributed by atoms with E-state index in [9.17, 15) is 9.18 Å². The first-order valence-corrected chi connectivity index (χ1v) is 10.3. The summed E-state index contributed by atoms with van der Waals surface area (Å²) in [6, 6.07) is 13.3. The van der Waals surface area contributed by atoms with Crippen molar-refractivity contribution in [2.75, 3.05) is 0 Å². The van der Waals surface area contributed by atoms with Gasteiger partial charge in [0.25, 0.3) is 5.91 Å². The van der Waals surface area contributed by atoms with Gasteiger partial charge in [-0.25, -0.2) is 4.39 Å². The zero-order valence-electron chi connectivity index (χ0n) is 16.3. The highest BCUT2D eigenvalue weighted by atomic mass is 32.2. The number of thioether (sulfide) groups is 1. The second-order valence-electron chi connectivity index (χ2n) is 6.75. The van der Waals surface area contributed by atoms with E-state index in [2.05, 4.69) is 17.0 Å². The Morgan fingerprint density at radius 1 is 1.23 bits per heavy atom. The fourth-order valence-electron chi connectivity index (χ4n) is 2.95. The molecular weight excluding hydrogens is 403 g/mol. The van der Waals surface area contributed by atoms with Gasteiger partial charge < -0.3 is 4.74 Å². The number of benzene rings is 2. The van der Waals surface area contributed by atoms with Crippen LogP contribution in [0.5, 0.6) is 5.75 Å². The second kappa shape index (κ2) is 8.62. The van der Waals surface area contributed by atoms with E-state index in [1.807, 2.05) is 6.07 Å². The Morgan fingerprint density at radius 3 is 2.80 bits per heavy atom. The number of carbonyl (C=O) groups is 1. The molecule has 0 atom stereocenters. The number of hydrogen-bond donors (Lipinski definition) is 1. The molecule has 2 heterocycles. The van der Waals surface area contributed by atoms with Crippen LogP contribution in [0, 0.1) is 11.2 Å². The van der Waals surface area contributed by atoms with Crippen LogP contribution < -0.4 is 4.74 Å². The summed E-state index contributed by atoms with van der Waals surface area (Å²) in [6.45, 7) is 2.35. The molecule has 0 bridgehead atoms. The topological polar surface area (TPSA) is 78.1 Å². The number of halogens is 1. The standard InChI is InChI=1S/C22H19FN4O2S/c1-2-4-19-26-27-20(24)18(21(28)25-22(27)30-19)12-15-5-3-6-17(11-15)29-13-14-7-9-16(23)10-8-14/h3,5-12,24H,2,4,13H2,1H3/b18-12-,24-20?. The van der Waals surface area contributed by atoms with Crippen LogP contribution in [-0.2, 0) is 11.4 Å². The number of rotatable bonds is 6. The quantitative estimate of drug-likeness (QED) is 0.677. The van der Waals surface area contributed by atoms with Crippen LogP contribution in [0.1, 0.15) is 30.9 Å². The molecule has 2 aromatic rings. The number of amides is 1. The smallest absolute Gasteiger partial charge is 0.283 e. The van der Waals surface area contributed by atoms with Crippen molar-refractivity contribution in [2.24, 2.45) is 10.1 Å². The Morgan fingerprint density at radius 2 is 2.03 bits per heavy atom. The van der Waals surface area contributed by atoms with Crippen LogP contribution in [0.4, 0.5) is 4.39 Å². The minimum absolute atomic E-state index is 0.0150.